The molecule has 1 aliphatic heterocycles. The van der Waals surface area contributed by atoms with Crippen LogP contribution in [0.15, 0.2) is 6.07 Å². The van der Waals surface area contributed by atoms with Crippen molar-refractivity contribution in [1.82, 2.24) is 9.88 Å². The normalized spacial score (nSPS) is 14.4. The minimum atomic E-state index is 0.257. The first-order valence-electron chi connectivity index (χ1n) is 7.02. The van der Waals surface area contributed by atoms with Crippen LogP contribution in [-0.2, 0) is 4.79 Å². The molecule has 5 heteroatoms. The lowest BCUT2D eigenvalue weighted by Gasteiger charge is -2.16. The summed E-state index contributed by atoms with van der Waals surface area (Å²) in [6, 6.07) is 4.10. The van der Waals surface area contributed by atoms with E-state index in [-0.39, 0.29) is 5.91 Å². The van der Waals surface area contributed by atoms with E-state index in [2.05, 4.69) is 16.4 Å². The molecule has 1 fully saturated rings. The summed E-state index contributed by atoms with van der Waals surface area (Å²) in [7, 11) is 0. The van der Waals surface area contributed by atoms with Crippen molar-refractivity contribution in [3.05, 3.63) is 22.9 Å². The number of pyridine rings is 1. The van der Waals surface area contributed by atoms with Crippen LogP contribution in [0.3, 0.4) is 0 Å². The van der Waals surface area contributed by atoms with Gasteiger partial charge in [0.15, 0.2) is 0 Å². The zero-order valence-electron chi connectivity index (χ0n) is 12.1. The molecule has 0 saturated carbocycles. The van der Waals surface area contributed by atoms with Crippen LogP contribution in [0.2, 0.25) is 0 Å². The summed E-state index contributed by atoms with van der Waals surface area (Å²) in [5.41, 5.74) is 2.45. The summed E-state index contributed by atoms with van der Waals surface area (Å²) in [4.78, 5) is 17.8. The zero-order valence-corrected chi connectivity index (χ0v) is 12.1. The highest BCUT2D eigenvalue weighted by atomic mass is 16.2. The predicted octanol–water partition coefficient (Wildman–Crippen LogP) is 1.99. The van der Waals surface area contributed by atoms with Gasteiger partial charge in [0.1, 0.15) is 11.9 Å². The number of aromatic nitrogens is 1. The number of nitriles is 1. The third-order valence-corrected chi connectivity index (χ3v) is 3.53. The van der Waals surface area contributed by atoms with Crippen molar-refractivity contribution in [3.8, 4) is 6.07 Å². The molecule has 0 aromatic carbocycles. The number of carbonyl (C=O) groups excluding carboxylic acids is 1. The average molecular weight is 272 g/mol. The highest BCUT2D eigenvalue weighted by molar-refractivity contribution is 5.78. The molecule has 0 spiro atoms. The van der Waals surface area contributed by atoms with Crippen molar-refractivity contribution in [3.63, 3.8) is 0 Å². The van der Waals surface area contributed by atoms with Gasteiger partial charge in [-0.15, -0.1) is 0 Å². The summed E-state index contributed by atoms with van der Waals surface area (Å²) in [6.07, 6.45) is 2.53. The average Bonchev–Trinajstić information content (AvgIpc) is 2.80. The van der Waals surface area contributed by atoms with Crippen molar-refractivity contribution in [2.45, 2.75) is 33.1 Å². The standard InChI is InChI=1S/C15H20N4O/c1-11-9-12(2)18-15(13(11)10-16)17-6-4-8-19-7-3-5-14(19)20/h9H,3-8H2,1-2H3,(H,17,18). The molecular weight excluding hydrogens is 252 g/mol. The zero-order chi connectivity index (χ0) is 14.5. The molecule has 2 heterocycles. The summed E-state index contributed by atoms with van der Waals surface area (Å²) >= 11 is 0. The molecular formula is C15H20N4O. The summed E-state index contributed by atoms with van der Waals surface area (Å²) in [5, 5.41) is 12.4. The van der Waals surface area contributed by atoms with E-state index < -0.39 is 0 Å². The third kappa shape index (κ3) is 3.27. The summed E-state index contributed by atoms with van der Waals surface area (Å²) < 4.78 is 0. The van der Waals surface area contributed by atoms with E-state index in [9.17, 15) is 10.1 Å². The van der Waals surface area contributed by atoms with E-state index in [1.165, 1.54) is 0 Å². The first-order chi connectivity index (χ1) is 9.61. The Morgan fingerprint density at radius 3 is 2.95 bits per heavy atom. The van der Waals surface area contributed by atoms with Gasteiger partial charge in [-0.2, -0.15) is 5.26 Å². The van der Waals surface area contributed by atoms with Gasteiger partial charge >= 0.3 is 0 Å². The number of rotatable bonds is 5. The molecule has 0 atom stereocenters. The molecule has 2 rings (SSSR count). The van der Waals surface area contributed by atoms with Crippen LogP contribution in [0.25, 0.3) is 0 Å². The van der Waals surface area contributed by atoms with Gasteiger partial charge in [0.2, 0.25) is 5.91 Å². The molecule has 1 saturated heterocycles. The van der Waals surface area contributed by atoms with Crippen LogP contribution in [0.1, 0.15) is 36.1 Å². The Bertz CT molecular complexity index is 548. The molecule has 1 N–H and O–H groups in total. The van der Waals surface area contributed by atoms with Gasteiger partial charge in [-0.05, 0) is 38.3 Å². The number of hydrogen-bond donors (Lipinski definition) is 1. The molecule has 1 aromatic heterocycles. The molecule has 0 radical (unpaired) electrons. The Balaban J connectivity index is 1.88. The van der Waals surface area contributed by atoms with Gasteiger partial charge in [0, 0.05) is 31.7 Å². The lowest BCUT2D eigenvalue weighted by molar-refractivity contribution is -0.127. The summed E-state index contributed by atoms with van der Waals surface area (Å²) in [5.74, 6) is 0.907. The van der Waals surface area contributed by atoms with Gasteiger partial charge in [0.05, 0.1) is 5.56 Å². The fourth-order valence-electron chi connectivity index (χ4n) is 2.52. The van der Waals surface area contributed by atoms with Crippen molar-refractivity contribution in [2.24, 2.45) is 0 Å². The number of anilines is 1. The molecule has 1 aromatic rings. The molecule has 106 valence electrons. The maximum Gasteiger partial charge on any atom is 0.222 e. The number of likely N-dealkylation sites (tertiary alicyclic amines) is 1. The Morgan fingerprint density at radius 1 is 1.50 bits per heavy atom. The number of aryl methyl sites for hydroxylation is 2. The maximum absolute atomic E-state index is 11.5. The molecule has 1 aliphatic rings. The van der Waals surface area contributed by atoms with E-state index in [1.54, 1.807) is 0 Å². The fraction of sp³-hybridized carbons (Fsp3) is 0.533. The van der Waals surface area contributed by atoms with E-state index in [1.807, 2.05) is 24.8 Å². The third-order valence-electron chi connectivity index (χ3n) is 3.53. The second-order valence-corrected chi connectivity index (χ2v) is 5.18. The van der Waals surface area contributed by atoms with Crippen LogP contribution in [0.5, 0.6) is 0 Å². The van der Waals surface area contributed by atoms with Gasteiger partial charge in [-0.25, -0.2) is 4.98 Å². The second-order valence-electron chi connectivity index (χ2n) is 5.18. The molecule has 20 heavy (non-hydrogen) atoms. The molecule has 0 unspecified atom stereocenters. The van der Waals surface area contributed by atoms with Crippen LogP contribution < -0.4 is 5.32 Å². The predicted molar refractivity (Wildman–Crippen MR) is 77.3 cm³/mol. The number of hydrogen-bond acceptors (Lipinski definition) is 4. The Labute approximate surface area is 119 Å². The second kappa shape index (κ2) is 6.38. The maximum atomic E-state index is 11.5. The van der Waals surface area contributed by atoms with E-state index >= 15 is 0 Å². The van der Waals surface area contributed by atoms with Gasteiger partial charge < -0.3 is 10.2 Å². The van der Waals surface area contributed by atoms with Crippen molar-refractivity contribution in [1.29, 1.82) is 5.26 Å². The Hall–Kier alpha value is -2.09. The Kier molecular flexibility index (Phi) is 4.57. The Morgan fingerprint density at radius 2 is 2.30 bits per heavy atom. The number of nitrogens with one attached hydrogen (secondary N) is 1. The van der Waals surface area contributed by atoms with Crippen molar-refractivity contribution in [2.75, 3.05) is 25.0 Å². The van der Waals surface area contributed by atoms with Gasteiger partial charge in [-0.1, -0.05) is 0 Å². The van der Waals surface area contributed by atoms with Crippen molar-refractivity contribution < 1.29 is 4.79 Å². The first-order valence-corrected chi connectivity index (χ1v) is 7.02. The monoisotopic (exact) mass is 272 g/mol. The van der Waals surface area contributed by atoms with Crippen LogP contribution >= 0.6 is 0 Å². The van der Waals surface area contributed by atoms with E-state index in [0.29, 0.717) is 24.3 Å². The SMILES string of the molecule is Cc1cc(C)c(C#N)c(NCCCN2CCCC2=O)n1. The van der Waals surface area contributed by atoms with Crippen LogP contribution in [0, 0.1) is 25.2 Å². The quantitative estimate of drug-likeness (QED) is 0.832. The minimum absolute atomic E-state index is 0.257. The molecule has 0 aliphatic carbocycles. The topological polar surface area (TPSA) is 69.0 Å². The largest absolute Gasteiger partial charge is 0.369 e. The molecule has 0 bridgehead atoms. The van der Waals surface area contributed by atoms with Crippen LogP contribution in [0.4, 0.5) is 5.82 Å². The van der Waals surface area contributed by atoms with Crippen molar-refractivity contribution >= 4 is 11.7 Å². The number of carbonyl (C=O) groups is 1. The highest BCUT2D eigenvalue weighted by Gasteiger charge is 2.19. The van der Waals surface area contributed by atoms with Gasteiger partial charge in [0.25, 0.3) is 0 Å². The first kappa shape index (κ1) is 14.3. The smallest absolute Gasteiger partial charge is 0.222 e. The van der Waals surface area contributed by atoms with Gasteiger partial charge in [-0.3, -0.25) is 4.79 Å². The fourth-order valence-corrected chi connectivity index (χ4v) is 2.52. The number of amides is 1. The lowest BCUT2D eigenvalue weighted by Crippen LogP contribution is -2.27. The summed E-state index contributed by atoms with van der Waals surface area (Å²) in [6.45, 7) is 6.21. The van der Waals surface area contributed by atoms with E-state index in [0.717, 1.165) is 37.2 Å². The molecule has 5 nitrogen and oxygen atoms in total. The van der Waals surface area contributed by atoms with E-state index in [4.69, 9.17) is 0 Å². The minimum Gasteiger partial charge on any atom is -0.369 e. The van der Waals surface area contributed by atoms with Crippen LogP contribution in [-0.4, -0.2) is 35.4 Å². The molecule has 1 amide bonds. The highest BCUT2D eigenvalue weighted by Crippen LogP contribution is 2.17. The number of nitrogens with zero attached hydrogens (tertiary/aromatic N) is 3. The lowest BCUT2D eigenvalue weighted by atomic mass is 10.1.